The number of fused-ring (bicyclic) bond motifs is 1. The molecule has 2 rings (SSSR count). The molecule has 4 radical (unpaired) electrons. The van der Waals surface area contributed by atoms with Gasteiger partial charge in [-0.1, -0.05) is 0 Å². The van der Waals surface area contributed by atoms with Gasteiger partial charge in [-0.15, -0.1) is 0 Å². The summed E-state index contributed by atoms with van der Waals surface area (Å²) in [5.41, 5.74) is 0. The molecule has 1 saturated heterocycles. The average Bonchev–Trinajstić information content (AvgIpc) is 2.33. The van der Waals surface area contributed by atoms with Crippen LogP contribution in [0, 0.1) is 0 Å². The van der Waals surface area contributed by atoms with Crippen LogP contribution in [0.25, 0.3) is 0 Å². The second-order valence-electron chi connectivity index (χ2n) is 2.74. The van der Waals surface area contributed by atoms with Gasteiger partial charge >= 0.3 is 0 Å². The molecule has 0 aliphatic carbocycles. The molecule has 0 N–H and O–H groups in total. The molecule has 0 bridgehead atoms. The summed E-state index contributed by atoms with van der Waals surface area (Å²) >= 11 is 0. The van der Waals surface area contributed by atoms with E-state index in [9.17, 15) is 0 Å². The minimum absolute atomic E-state index is 0. The fourth-order valence-corrected chi connectivity index (χ4v) is 1.60. The van der Waals surface area contributed by atoms with E-state index < -0.39 is 0 Å². The number of hydrogen-bond acceptors (Lipinski definition) is 2. The largest absolute Gasteiger partial charge is 0.360 e. The zero-order valence-corrected chi connectivity index (χ0v) is 8.99. The summed E-state index contributed by atoms with van der Waals surface area (Å²) in [6, 6.07) is 0. The van der Waals surface area contributed by atoms with E-state index in [1.807, 2.05) is 0 Å². The summed E-state index contributed by atoms with van der Waals surface area (Å²) in [7, 11) is 0. The quantitative estimate of drug-likeness (QED) is 0.565. The molecule has 10 heavy (non-hydrogen) atoms. The molecule has 0 atom stereocenters. The first-order valence-electron chi connectivity index (χ1n) is 3.75. The van der Waals surface area contributed by atoms with Gasteiger partial charge in [-0.05, 0) is 12.8 Å². The Kier molecular flexibility index (Phi) is 3.01. The zero-order valence-electron chi connectivity index (χ0n) is 6.14. The average molecular weight is 243 g/mol. The predicted octanol–water partition coefficient (Wildman–Crippen LogP) is 0.504. The van der Waals surface area contributed by atoms with Gasteiger partial charge < -0.3 is 4.90 Å². The van der Waals surface area contributed by atoms with Crippen LogP contribution in [0.15, 0.2) is 4.99 Å². The van der Waals surface area contributed by atoms with E-state index in [1.54, 1.807) is 0 Å². The molecule has 2 aliphatic heterocycles. The van der Waals surface area contributed by atoms with Crippen molar-refractivity contribution in [2.75, 3.05) is 19.6 Å². The Bertz CT molecular complexity index is 145. The molecule has 54 valence electrons. The number of aliphatic imine (C=N–C) groups is 1. The molecule has 2 nitrogen and oxygen atoms in total. The summed E-state index contributed by atoms with van der Waals surface area (Å²) in [5.74, 6) is 1.38. The van der Waals surface area contributed by atoms with Crippen LogP contribution in [-0.2, 0) is 0 Å². The third-order valence-corrected chi connectivity index (χ3v) is 2.07. The maximum absolute atomic E-state index is 4.43. The zero-order chi connectivity index (χ0) is 6.10. The first kappa shape index (κ1) is 8.37. The first-order chi connectivity index (χ1) is 4.47. The van der Waals surface area contributed by atoms with Crippen LogP contribution in [-0.4, -0.2) is 54.3 Å². The van der Waals surface area contributed by atoms with Gasteiger partial charge in [-0.25, -0.2) is 0 Å². The molecule has 0 aromatic carbocycles. The van der Waals surface area contributed by atoms with Crippen molar-refractivity contribution in [3.05, 3.63) is 0 Å². The van der Waals surface area contributed by atoms with Crippen LogP contribution >= 0.6 is 0 Å². The molecule has 0 unspecified atom stereocenters. The number of hydrogen-bond donors (Lipinski definition) is 0. The van der Waals surface area contributed by atoms with E-state index in [2.05, 4.69) is 9.89 Å². The smallest absolute Gasteiger partial charge is 0.0989 e. The van der Waals surface area contributed by atoms with E-state index in [1.165, 1.54) is 38.2 Å². The monoisotopic (exact) mass is 244 g/mol. The summed E-state index contributed by atoms with van der Waals surface area (Å²) in [4.78, 5) is 6.85. The summed E-state index contributed by atoms with van der Waals surface area (Å²) in [6.45, 7) is 3.60. The van der Waals surface area contributed by atoms with Gasteiger partial charge in [0.2, 0.25) is 0 Å². The van der Waals surface area contributed by atoms with E-state index in [0.717, 1.165) is 6.54 Å². The maximum Gasteiger partial charge on any atom is 0.0989 e. The van der Waals surface area contributed by atoms with Crippen LogP contribution in [0.5, 0.6) is 0 Å². The SMILES string of the molecule is C1CN=C2CCCN2C1.[Sn]. The minimum Gasteiger partial charge on any atom is -0.360 e. The number of nitrogens with zero attached hydrogens (tertiary/aromatic N) is 2. The fourth-order valence-electron chi connectivity index (χ4n) is 1.60. The van der Waals surface area contributed by atoms with Crippen molar-refractivity contribution in [3.8, 4) is 0 Å². The van der Waals surface area contributed by atoms with Crippen molar-refractivity contribution in [1.29, 1.82) is 0 Å². The molecule has 0 aromatic heterocycles. The fraction of sp³-hybridized carbons (Fsp3) is 0.857. The van der Waals surface area contributed by atoms with Gasteiger partial charge in [-0.2, -0.15) is 0 Å². The molecular formula is C7H12N2Sn. The second kappa shape index (κ2) is 3.60. The van der Waals surface area contributed by atoms with Crippen LogP contribution in [0.4, 0.5) is 0 Å². The van der Waals surface area contributed by atoms with Crippen molar-refractivity contribution in [3.63, 3.8) is 0 Å². The van der Waals surface area contributed by atoms with Crippen molar-refractivity contribution < 1.29 is 0 Å². The Balaban J connectivity index is 0.000000500. The normalized spacial score (nSPS) is 23.2. The van der Waals surface area contributed by atoms with E-state index in [0.29, 0.717) is 0 Å². The second-order valence-corrected chi connectivity index (χ2v) is 2.74. The minimum atomic E-state index is 0. The molecular weight excluding hydrogens is 231 g/mol. The third kappa shape index (κ3) is 1.46. The Morgan fingerprint density at radius 3 is 2.80 bits per heavy atom. The summed E-state index contributed by atoms with van der Waals surface area (Å²) in [5, 5.41) is 0. The maximum atomic E-state index is 4.43. The Labute approximate surface area is 78.7 Å². The van der Waals surface area contributed by atoms with Crippen molar-refractivity contribution in [2.24, 2.45) is 4.99 Å². The van der Waals surface area contributed by atoms with Crippen LogP contribution in [0.2, 0.25) is 0 Å². The van der Waals surface area contributed by atoms with Gasteiger partial charge in [0.25, 0.3) is 0 Å². The Hall–Kier alpha value is 0.269. The number of rotatable bonds is 0. The first-order valence-corrected chi connectivity index (χ1v) is 3.75. The molecule has 0 saturated carbocycles. The molecule has 2 heterocycles. The van der Waals surface area contributed by atoms with Gasteiger partial charge in [0.15, 0.2) is 0 Å². The molecule has 3 heteroatoms. The molecule has 0 spiro atoms. The van der Waals surface area contributed by atoms with E-state index in [4.69, 9.17) is 0 Å². The van der Waals surface area contributed by atoms with Crippen LogP contribution in [0.1, 0.15) is 19.3 Å². The molecule has 0 aromatic rings. The van der Waals surface area contributed by atoms with Gasteiger partial charge in [0.1, 0.15) is 0 Å². The molecule has 2 aliphatic rings. The third-order valence-electron chi connectivity index (χ3n) is 2.07. The van der Waals surface area contributed by atoms with Crippen LogP contribution in [0.3, 0.4) is 0 Å². The summed E-state index contributed by atoms with van der Waals surface area (Å²) in [6.07, 6.45) is 3.84. The van der Waals surface area contributed by atoms with Gasteiger partial charge in [0, 0.05) is 50.0 Å². The standard InChI is InChI=1S/C7H12N2.Sn/c1-3-7-8-4-2-6-9(7)5-1;/h1-6H2;. The van der Waals surface area contributed by atoms with Crippen molar-refractivity contribution in [2.45, 2.75) is 19.3 Å². The van der Waals surface area contributed by atoms with Gasteiger partial charge in [0.05, 0.1) is 5.84 Å². The predicted molar refractivity (Wildman–Crippen MR) is 43.5 cm³/mol. The van der Waals surface area contributed by atoms with Gasteiger partial charge in [-0.3, -0.25) is 4.99 Å². The topological polar surface area (TPSA) is 15.6 Å². The summed E-state index contributed by atoms with van der Waals surface area (Å²) < 4.78 is 0. The van der Waals surface area contributed by atoms with E-state index >= 15 is 0 Å². The van der Waals surface area contributed by atoms with E-state index in [-0.39, 0.29) is 23.9 Å². The molecule has 0 amide bonds. The number of amidine groups is 1. The Morgan fingerprint density at radius 1 is 1.20 bits per heavy atom. The van der Waals surface area contributed by atoms with Crippen molar-refractivity contribution in [1.82, 2.24) is 4.90 Å². The Morgan fingerprint density at radius 2 is 2.00 bits per heavy atom. The molecule has 1 fully saturated rings. The van der Waals surface area contributed by atoms with Crippen LogP contribution < -0.4 is 0 Å². The van der Waals surface area contributed by atoms with Crippen molar-refractivity contribution >= 4 is 29.7 Å².